The Hall–Kier alpha value is -2.65. The van der Waals surface area contributed by atoms with Gasteiger partial charge < -0.3 is 10.6 Å². The number of rotatable bonds is 5. The second kappa shape index (κ2) is 7.07. The van der Waals surface area contributed by atoms with Crippen molar-refractivity contribution in [3.8, 4) is 0 Å². The highest BCUT2D eigenvalue weighted by Gasteiger charge is 2.17. The lowest BCUT2D eigenvalue weighted by atomic mass is 10.1. The molecule has 0 unspecified atom stereocenters. The molecule has 1 amide bonds. The highest BCUT2D eigenvalue weighted by molar-refractivity contribution is 5.97. The molecule has 3 heteroatoms. The van der Waals surface area contributed by atoms with Gasteiger partial charge in [-0.1, -0.05) is 60.7 Å². The van der Waals surface area contributed by atoms with Gasteiger partial charge in [0.15, 0.2) is 0 Å². The summed E-state index contributed by atoms with van der Waals surface area (Å²) in [6.07, 6.45) is 0.663. The van der Waals surface area contributed by atoms with E-state index in [1.165, 1.54) is 5.39 Å². The van der Waals surface area contributed by atoms with E-state index in [1.807, 2.05) is 73.8 Å². The summed E-state index contributed by atoms with van der Waals surface area (Å²) in [5.74, 6) is -0.0216. The fourth-order valence-corrected chi connectivity index (χ4v) is 2.67. The number of amides is 1. The van der Waals surface area contributed by atoms with Crippen LogP contribution in [0.4, 0.5) is 5.69 Å². The Morgan fingerprint density at radius 2 is 1.61 bits per heavy atom. The Bertz CT molecular complexity index is 799. The lowest BCUT2D eigenvalue weighted by Crippen LogP contribution is -2.40. The Labute approximate surface area is 136 Å². The predicted octanol–water partition coefficient (Wildman–Crippen LogP) is 3.61. The molecule has 0 aliphatic carbocycles. The normalized spacial score (nSPS) is 12.0. The molecular formula is C20H20N2O. The van der Waals surface area contributed by atoms with Crippen LogP contribution in [0.5, 0.6) is 0 Å². The number of anilines is 1. The summed E-state index contributed by atoms with van der Waals surface area (Å²) in [4.78, 5) is 12.5. The van der Waals surface area contributed by atoms with Crippen molar-refractivity contribution in [2.75, 3.05) is 12.4 Å². The van der Waals surface area contributed by atoms with E-state index in [0.29, 0.717) is 6.42 Å². The first-order chi connectivity index (χ1) is 11.3. The summed E-state index contributed by atoms with van der Waals surface area (Å²) < 4.78 is 0. The van der Waals surface area contributed by atoms with E-state index in [2.05, 4.69) is 16.7 Å². The average molecular weight is 304 g/mol. The van der Waals surface area contributed by atoms with Gasteiger partial charge in [0.1, 0.15) is 0 Å². The number of nitrogens with one attached hydrogen (secondary N) is 2. The van der Waals surface area contributed by atoms with E-state index in [9.17, 15) is 4.79 Å². The fourth-order valence-electron chi connectivity index (χ4n) is 2.67. The molecule has 0 bridgehead atoms. The van der Waals surface area contributed by atoms with Gasteiger partial charge in [-0.15, -0.1) is 0 Å². The smallest absolute Gasteiger partial charge is 0.241 e. The number of fused-ring (bicyclic) bond motifs is 1. The second-order valence-electron chi connectivity index (χ2n) is 5.58. The molecule has 3 nitrogen and oxygen atoms in total. The molecule has 3 rings (SSSR count). The lowest BCUT2D eigenvalue weighted by Gasteiger charge is -2.16. The number of likely N-dealkylation sites (N-methyl/N-ethyl adjacent to an activating group) is 1. The molecule has 2 N–H and O–H groups in total. The minimum absolute atomic E-state index is 0.0216. The lowest BCUT2D eigenvalue weighted by molar-refractivity contribution is -0.118. The maximum Gasteiger partial charge on any atom is 0.241 e. The van der Waals surface area contributed by atoms with E-state index in [0.717, 1.165) is 16.6 Å². The van der Waals surface area contributed by atoms with Gasteiger partial charge in [0, 0.05) is 5.69 Å². The van der Waals surface area contributed by atoms with Gasteiger partial charge in [0.2, 0.25) is 5.91 Å². The summed E-state index contributed by atoms with van der Waals surface area (Å²) in [7, 11) is 1.81. The fraction of sp³-hybridized carbons (Fsp3) is 0.150. The van der Waals surface area contributed by atoms with E-state index < -0.39 is 0 Å². The van der Waals surface area contributed by atoms with Crippen LogP contribution in [0.15, 0.2) is 72.8 Å². The maximum atomic E-state index is 12.5. The first kappa shape index (κ1) is 15.3. The molecule has 0 saturated heterocycles. The molecule has 0 fully saturated rings. The molecule has 116 valence electrons. The van der Waals surface area contributed by atoms with Crippen LogP contribution in [0.3, 0.4) is 0 Å². The van der Waals surface area contributed by atoms with Crippen molar-refractivity contribution in [2.45, 2.75) is 12.5 Å². The van der Waals surface area contributed by atoms with Crippen LogP contribution in [0.25, 0.3) is 10.8 Å². The van der Waals surface area contributed by atoms with E-state index in [4.69, 9.17) is 0 Å². The van der Waals surface area contributed by atoms with Gasteiger partial charge in [-0.05, 0) is 41.9 Å². The molecule has 3 aromatic rings. The van der Waals surface area contributed by atoms with Gasteiger partial charge in [0.05, 0.1) is 6.04 Å². The molecule has 1 atom stereocenters. The van der Waals surface area contributed by atoms with Crippen LogP contribution >= 0.6 is 0 Å². The Morgan fingerprint density at radius 3 is 2.35 bits per heavy atom. The zero-order chi connectivity index (χ0) is 16.1. The van der Waals surface area contributed by atoms with Crippen LogP contribution in [0.2, 0.25) is 0 Å². The number of benzene rings is 3. The number of carbonyl (C=O) groups is 1. The largest absolute Gasteiger partial charge is 0.325 e. The van der Waals surface area contributed by atoms with Crippen LogP contribution in [0, 0.1) is 0 Å². The molecule has 3 aromatic carbocycles. The highest BCUT2D eigenvalue weighted by Crippen LogP contribution is 2.19. The van der Waals surface area contributed by atoms with Gasteiger partial charge in [-0.2, -0.15) is 0 Å². The third-order valence-electron chi connectivity index (χ3n) is 3.96. The molecule has 0 heterocycles. The molecule has 0 spiro atoms. The van der Waals surface area contributed by atoms with Crippen molar-refractivity contribution in [1.29, 1.82) is 0 Å². The van der Waals surface area contributed by atoms with Crippen molar-refractivity contribution in [3.05, 3.63) is 78.4 Å². The van der Waals surface area contributed by atoms with Crippen molar-refractivity contribution >= 4 is 22.4 Å². The zero-order valence-electron chi connectivity index (χ0n) is 13.1. The minimum Gasteiger partial charge on any atom is -0.325 e. The third-order valence-corrected chi connectivity index (χ3v) is 3.96. The van der Waals surface area contributed by atoms with E-state index in [1.54, 1.807) is 0 Å². The summed E-state index contributed by atoms with van der Waals surface area (Å²) in [6.45, 7) is 0. The molecular weight excluding hydrogens is 284 g/mol. The number of hydrogen-bond acceptors (Lipinski definition) is 2. The second-order valence-corrected chi connectivity index (χ2v) is 5.58. The molecule has 0 aliphatic heterocycles. The third kappa shape index (κ3) is 3.76. The first-order valence-corrected chi connectivity index (χ1v) is 7.77. The predicted molar refractivity (Wildman–Crippen MR) is 95.6 cm³/mol. The van der Waals surface area contributed by atoms with Crippen molar-refractivity contribution < 1.29 is 4.79 Å². The topological polar surface area (TPSA) is 41.1 Å². The standard InChI is InChI=1S/C20H20N2O/c1-21-19(13-15-7-3-2-4-8-15)20(23)22-18-12-11-16-9-5-6-10-17(16)14-18/h2-12,14,19,21H,13H2,1H3,(H,22,23)/t19-/m0/s1. The summed E-state index contributed by atoms with van der Waals surface area (Å²) >= 11 is 0. The highest BCUT2D eigenvalue weighted by atomic mass is 16.2. The summed E-state index contributed by atoms with van der Waals surface area (Å²) in [5.41, 5.74) is 1.96. The van der Waals surface area contributed by atoms with Gasteiger partial charge in [-0.25, -0.2) is 0 Å². The van der Waals surface area contributed by atoms with Gasteiger partial charge >= 0.3 is 0 Å². The van der Waals surface area contributed by atoms with E-state index in [-0.39, 0.29) is 11.9 Å². The van der Waals surface area contributed by atoms with Crippen molar-refractivity contribution in [1.82, 2.24) is 5.32 Å². The van der Waals surface area contributed by atoms with Crippen molar-refractivity contribution in [3.63, 3.8) is 0 Å². The first-order valence-electron chi connectivity index (χ1n) is 7.77. The minimum atomic E-state index is -0.260. The zero-order valence-corrected chi connectivity index (χ0v) is 13.1. The molecule has 0 radical (unpaired) electrons. The van der Waals surface area contributed by atoms with Crippen LogP contribution in [-0.4, -0.2) is 19.0 Å². The Morgan fingerprint density at radius 1 is 0.913 bits per heavy atom. The average Bonchev–Trinajstić information content (AvgIpc) is 2.60. The quantitative estimate of drug-likeness (QED) is 0.756. The summed E-state index contributed by atoms with van der Waals surface area (Å²) in [5, 5.41) is 8.39. The number of carbonyl (C=O) groups excluding carboxylic acids is 1. The van der Waals surface area contributed by atoms with Gasteiger partial charge in [0.25, 0.3) is 0 Å². The van der Waals surface area contributed by atoms with Crippen LogP contribution < -0.4 is 10.6 Å². The molecule has 0 aliphatic rings. The monoisotopic (exact) mass is 304 g/mol. The van der Waals surface area contributed by atoms with Crippen LogP contribution in [-0.2, 0) is 11.2 Å². The van der Waals surface area contributed by atoms with Gasteiger partial charge in [-0.3, -0.25) is 4.79 Å². The van der Waals surface area contributed by atoms with E-state index >= 15 is 0 Å². The molecule has 0 saturated carbocycles. The summed E-state index contributed by atoms with van der Waals surface area (Å²) in [6, 6.07) is 23.9. The molecule has 23 heavy (non-hydrogen) atoms. The SMILES string of the molecule is CN[C@@H](Cc1ccccc1)C(=O)Nc1ccc2ccccc2c1. The Balaban J connectivity index is 1.73. The number of hydrogen-bond donors (Lipinski definition) is 2. The maximum absolute atomic E-state index is 12.5. The van der Waals surface area contributed by atoms with Crippen molar-refractivity contribution in [2.24, 2.45) is 0 Å². The van der Waals surface area contributed by atoms with Crippen LogP contribution in [0.1, 0.15) is 5.56 Å². The Kier molecular flexibility index (Phi) is 4.69. The molecule has 0 aromatic heterocycles.